The molecule has 98 valence electrons. The van der Waals surface area contributed by atoms with Crippen molar-refractivity contribution in [3.05, 3.63) is 42.0 Å². The van der Waals surface area contributed by atoms with Crippen LogP contribution in [-0.2, 0) is 5.41 Å². The van der Waals surface area contributed by atoms with Crippen molar-refractivity contribution < 1.29 is 4.74 Å². The number of hydrogen-bond donors (Lipinski definition) is 1. The normalized spacial score (nSPS) is 17.7. The quantitative estimate of drug-likeness (QED) is 0.807. The number of hydrogen-bond acceptors (Lipinski definition) is 2. The van der Waals surface area contributed by atoms with Gasteiger partial charge in [0.15, 0.2) is 0 Å². The van der Waals surface area contributed by atoms with E-state index in [2.05, 4.69) is 24.8 Å². The smallest absolute Gasteiger partial charge is 0.120 e. The van der Waals surface area contributed by atoms with Crippen molar-refractivity contribution in [3.8, 4) is 5.75 Å². The summed E-state index contributed by atoms with van der Waals surface area (Å²) >= 11 is 0. The Labute approximate surface area is 110 Å². The lowest BCUT2D eigenvalue weighted by molar-refractivity contribution is 0.350. The van der Waals surface area contributed by atoms with Gasteiger partial charge in [-0.3, -0.25) is 0 Å². The molecule has 0 radical (unpaired) electrons. The highest BCUT2D eigenvalue weighted by Crippen LogP contribution is 2.41. The molecule has 18 heavy (non-hydrogen) atoms. The number of benzene rings is 1. The highest BCUT2D eigenvalue weighted by atomic mass is 16.5. The average molecular weight is 245 g/mol. The van der Waals surface area contributed by atoms with Crippen molar-refractivity contribution in [2.24, 2.45) is 5.73 Å². The molecule has 2 N–H and O–H groups in total. The van der Waals surface area contributed by atoms with E-state index in [1.807, 2.05) is 13.0 Å². The molecule has 0 amide bonds. The summed E-state index contributed by atoms with van der Waals surface area (Å²) in [6.07, 6.45) is 4.98. The molecule has 0 unspecified atom stereocenters. The first-order valence-corrected chi connectivity index (χ1v) is 6.74. The van der Waals surface area contributed by atoms with Crippen molar-refractivity contribution in [2.75, 3.05) is 13.2 Å². The zero-order chi connectivity index (χ0) is 13.0. The monoisotopic (exact) mass is 245 g/mol. The topological polar surface area (TPSA) is 35.2 Å². The predicted molar refractivity (Wildman–Crippen MR) is 76.0 cm³/mol. The van der Waals surface area contributed by atoms with Crippen LogP contribution in [-0.4, -0.2) is 13.2 Å². The van der Waals surface area contributed by atoms with Crippen LogP contribution in [0.2, 0.25) is 0 Å². The molecule has 2 nitrogen and oxygen atoms in total. The number of ether oxygens (including phenoxy) is 1. The van der Waals surface area contributed by atoms with Gasteiger partial charge in [-0.1, -0.05) is 31.6 Å². The molecule has 1 aromatic rings. The van der Waals surface area contributed by atoms with Crippen LogP contribution in [0.1, 0.15) is 38.2 Å². The SMILES string of the molecule is C=C(C)COc1cccc(C2(CN)CCCC2)c1. The van der Waals surface area contributed by atoms with Crippen LogP contribution in [0.5, 0.6) is 5.75 Å². The molecule has 0 saturated heterocycles. The Hall–Kier alpha value is -1.28. The van der Waals surface area contributed by atoms with Crippen LogP contribution in [0.3, 0.4) is 0 Å². The average Bonchev–Trinajstić information content (AvgIpc) is 2.87. The first-order chi connectivity index (χ1) is 8.66. The Morgan fingerprint density at radius 3 is 2.72 bits per heavy atom. The minimum absolute atomic E-state index is 0.183. The minimum atomic E-state index is 0.183. The Balaban J connectivity index is 2.18. The molecule has 0 spiro atoms. The zero-order valence-electron chi connectivity index (χ0n) is 11.2. The summed E-state index contributed by atoms with van der Waals surface area (Å²) in [5, 5.41) is 0. The standard InChI is InChI=1S/C16H23NO/c1-13(2)11-18-15-7-5-6-14(10-15)16(12-17)8-3-4-9-16/h5-7,10H,1,3-4,8-9,11-12,17H2,2H3. The fraction of sp³-hybridized carbons (Fsp3) is 0.500. The zero-order valence-corrected chi connectivity index (χ0v) is 11.2. The molecular formula is C16H23NO. The molecule has 0 heterocycles. The highest BCUT2D eigenvalue weighted by molar-refractivity contribution is 5.35. The van der Waals surface area contributed by atoms with Gasteiger partial charge in [0.05, 0.1) is 0 Å². The molecular weight excluding hydrogens is 222 g/mol. The first kappa shape index (κ1) is 13.2. The van der Waals surface area contributed by atoms with Crippen LogP contribution in [0.15, 0.2) is 36.4 Å². The molecule has 1 saturated carbocycles. The molecule has 1 aliphatic rings. The van der Waals surface area contributed by atoms with Gasteiger partial charge < -0.3 is 10.5 Å². The van der Waals surface area contributed by atoms with Crippen molar-refractivity contribution in [1.82, 2.24) is 0 Å². The minimum Gasteiger partial charge on any atom is -0.489 e. The third-order valence-corrected chi connectivity index (χ3v) is 3.88. The van der Waals surface area contributed by atoms with E-state index in [4.69, 9.17) is 10.5 Å². The molecule has 2 rings (SSSR count). The van der Waals surface area contributed by atoms with Gasteiger partial charge in [-0.25, -0.2) is 0 Å². The van der Waals surface area contributed by atoms with Gasteiger partial charge >= 0.3 is 0 Å². The van der Waals surface area contributed by atoms with Gasteiger partial charge in [-0.05, 0) is 43.0 Å². The van der Waals surface area contributed by atoms with E-state index in [-0.39, 0.29) is 5.41 Å². The summed E-state index contributed by atoms with van der Waals surface area (Å²) in [7, 11) is 0. The van der Waals surface area contributed by atoms with Crippen LogP contribution < -0.4 is 10.5 Å². The third kappa shape index (κ3) is 2.75. The van der Waals surface area contributed by atoms with E-state index in [1.165, 1.54) is 31.2 Å². The first-order valence-electron chi connectivity index (χ1n) is 6.74. The molecule has 0 atom stereocenters. The number of nitrogens with two attached hydrogens (primary N) is 1. The fourth-order valence-corrected chi connectivity index (χ4v) is 2.78. The van der Waals surface area contributed by atoms with E-state index >= 15 is 0 Å². The summed E-state index contributed by atoms with van der Waals surface area (Å²) in [6, 6.07) is 8.41. The van der Waals surface area contributed by atoms with Gasteiger partial charge in [-0.15, -0.1) is 0 Å². The summed E-state index contributed by atoms with van der Waals surface area (Å²) in [6.45, 7) is 7.14. The maximum Gasteiger partial charge on any atom is 0.120 e. The molecule has 1 fully saturated rings. The van der Waals surface area contributed by atoms with Crippen LogP contribution in [0.25, 0.3) is 0 Å². The van der Waals surface area contributed by atoms with Gasteiger partial charge in [0.2, 0.25) is 0 Å². The molecule has 0 aromatic heterocycles. The van der Waals surface area contributed by atoms with Crippen molar-refractivity contribution in [1.29, 1.82) is 0 Å². The second-order valence-electron chi connectivity index (χ2n) is 5.47. The fourth-order valence-electron chi connectivity index (χ4n) is 2.78. The predicted octanol–water partition coefficient (Wildman–Crippen LogP) is 3.41. The molecule has 0 bridgehead atoms. The highest BCUT2D eigenvalue weighted by Gasteiger charge is 2.34. The molecule has 1 aromatic carbocycles. The van der Waals surface area contributed by atoms with E-state index in [0.29, 0.717) is 6.61 Å². The lowest BCUT2D eigenvalue weighted by atomic mass is 9.79. The Bertz CT molecular complexity index is 419. The third-order valence-electron chi connectivity index (χ3n) is 3.88. The molecule has 2 heteroatoms. The molecule has 1 aliphatic carbocycles. The second kappa shape index (κ2) is 5.57. The number of rotatable bonds is 5. The Morgan fingerprint density at radius 2 is 2.11 bits per heavy atom. The van der Waals surface area contributed by atoms with E-state index in [0.717, 1.165) is 17.9 Å². The van der Waals surface area contributed by atoms with Crippen LogP contribution in [0.4, 0.5) is 0 Å². The van der Waals surface area contributed by atoms with Gasteiger partial charge in [0.25, 0.3) is 0 Å². The summed E-state index contributed by atoms with van der Waals surface area (Å²) in [5.74, 6) is 0.926. The van der Waals surface area contributed by atoms with E-state index in [1.54, 1.807) is 0 Å². The van der Waals surface area contributed by atoms with E-state index in [9.17, 15) is 0 Å². The lowest BCUT2D eigenvalue weighted by Gasteiger charge is -2.28. The Kier molecular flexibility index (Phi) is 4.07. The second-order valence-corrected chi connectivity index (χ2v) is 5.47. The van der Waals surface area contributed by atoms with Crippen molar-refractivity contribution >= 4 is 0 Å². The lowest BCUT2D eigenvalue weighted by Crippen LogP contribution is -2.31. The van der Waals surface area contributed by atoms with Crippen LogP contribution >= 0.6 is 0 Å². The van der Waals surface area contributed by atoms with Crippen molar-refractivity contribution in [2.45, 2.75) is 38.0 Å². The summed E-state index contributed by atoms with van der Waals surface area (Å²) < 4.78 is 5.72. The van der Waals surface area contributed by atoms with Crippen molar-refractivity contribution in [3.63, 3.8) is 0 Å². The molecule has 0 aliphatic heterocycles. The van der Waals surface area contributed by atoms with Gasteiger partial charge in [-0.2, -0.15) is 0 Å². The van der Waals surface area contributed by atoms with Gasteiger partial charge in [0, 0.05) is 12.0 Å². The van der Waals surface area contributed by atoms with Gasteiger partial charge in [0.1, 0.15) is 12.4 Å². The summed E-state index contributed by atoms with van der Waals surface area (Å²) in [4.78, 5) is 0. The Morgan fingerprint density at radius 1 is 1.39 bits per heavy atom. The van der Waals surface area contributed by atoms with E-state index < -0.39 is 0 Å². The summed E-state index contributed by atoms with van der Waals surface area (Å²) in [5.41, 5.74) is 8.57. The maximum atomic E-state index is 6.02. The largest absolute Gasteiger partial charge is 0.489 e. The maximum absolute atomic E-state index is 6.02. The van der Waals surface area contributed by atoms with Crippen LogP contribution in [0, 0.1) is 0 Å².